The summed E-state index contributed by atoms with van der Waals surface area (Å²) in [6.07, 6.45) is 7.45. The first-order valence-electron chi connectivity index (χ1n) is 11.1. The van der Waals surface area contributed by atoms with Gasteiger partial charge in [-0.1, -0.05) is 32.6 Å². The summed E-state index contributed by atoms with van der Waals surface area (Å²) in [5.74, 6) is 0.439. The highest BCUT2D eigenvalue weighted by molar-refractivity contribution is 5.88. The van der Waals surface area contributed by atoms with Gasteiger partial charge in [0.15, 0.2) is 5.65 Å². The van der Waals surface area contributed by atoms with E-state index in [9.17, 15) is 9.59 Å². The van der Waals surface area contributed by atoms with Gasteiger partial charge in [0.25, 0.3) is 5.56 Å². The lowest BCUT2D eigenvalue weighted by atomic mass is 9.83. The number of nitrogens with zero attached hydrogens (tertiary/aromatic N) is 2. The van der Waals surface area contributed by atoms with Crippen LogP contribution in [0, 0.1) is 0 Å². The topological polar surface area (TPSA) is 85.7 Å². The zero-order valence-electron chi connectivity index (χ0n) is 18.1. The highest BCUT2D eigenvalue weighted by Gasteiger charge is 2.26. The van der Waals surface area contributed by atoms with Crippen LogP contribution in [0.25, 0.3) is 16.9 Å². The molecule has 1 fully saturated rings. The minimum atomic E-state index is -0.528. The minimum absolute atomic E-state index is 0.148. The van der Waals surface area contributed by atoms with E-state index in [1.807, 2.05) is 24.3 Å². The molecule has 4 rings (SSSR count). The predicted octanol–water partition coefficient (Wildman–Crippen LogP) is 4.70. The molecule has 1 saturated carbocycles. The summed E-state index contributed by atoms with van der Waals surface area (Å²) >= 11 is 0. The van der Waals surface area contributed by atoms with Crippen LogP contribution < -0.4 is 10.3 Å². The summed E-state index contributed by atoms with van der Waals surface area (Å²) in [5, 5.41) is 2.86. The third kappa shape index (κ3) is 4.36. The van der Waals surface area contributed by atoms with Crippen LogP contribution in [0.5, 0.6) is 5.75 Å². The summed E-state index contributed by atoms with van der Waals surface area (Å²) in [4.78, 5) is 30.3. The molecule has 0 bridgehead atoms. The van der Waals surface area contributed by atoms with Gasteiger partial charge in [-0.15, -0.1) is 0 Å². The molecule has 31 heavy (non-hydrogen) atoms. The van der Waals surface area contributed by atoms with Crippen molar-refractivity contribution in [2.24, 2.45) is 0 Å². The number of aromatic amines is 1. The van der Waals surface area contributed by atoms with Gasteiger partial charge < -0.3 is 9.47 Å². The number of methoxy groups -OCH3 is 1. The molecular formula is C24H29N3O4. The summed E-state index contributed by atoms with van der Waals surface area (Å²) in [6, 6.07) is 9.33. The number of esters is 1. The predicted molar refractivity (Wildman–Crippen MR) is 119 cm³/mol. The molecule has 0 atom stereocenters. The van der Waals surface area contributed by atoms with Crippen LogP contribution in [-0.2, 0) is 4.74 Å². The average Bonchev–Trinajstić information content (AvgIpc) is 3.24. The van der Waals surface area contributed by atoms with E-state index in [-0.39, 0.29) is 17.2 Å². The number of hydrogen-bond acceptors (Lipinski definition) is 5. The molecule has 7 nitrogen and oxygen atoms in total. The monoisotopic (exact) mass is 423 g/mol. The van der Waals surface area contributed by atoms with E-state index >= 15 is 0 Å². The van der Waals surface area contributed by atoms with Crippen molar-refractivity contribution in [3.05, 3.63) is 51.9 Å². The molecule has 0 amide bonds. The number of carbonyl (C=O) groups is 1. The van der Waals surface area contributed by atoms with Crippen molar-refractivity contribution in [1.29, 1.82) is 0 Å². The lowest BCUT2D eigenvalue weighted by Gasteiger charge is -2.23. The standard InChI is InChI=1S/C24H29N3O4/c1-3-4-14-31-18-12-10-17(11-13-18)22-21(16-8-6-5-7-9-16)23(28)27-20(25-22)15-19(26-27)24(29)30-2/h10-13,15-16,26H,3-9,14H2,1-2H3. The maximum atomic E-state index is 13.5. The van der Waals surface area contributed by atoms with E-state index in [4.69, 9.17) is 14.5 Å². The first kappa shape index (κ1) is 21.2. The van der Waals surface area contributed by atoms with E-state index in [2.05, 4.69) is 12.0 Å². The molecule has 0 radical (unpaired) electrons. The Bertz CT molecular complexity index is 1110. The van der Waals surface area contributed by atoms with Crippen molar-refractivity contribution < 1.29 is 14.3 Å². The number of unbranched alkanes of at least 4 members (excludes halogenated alkanes) is 1. The van der Waals surface area contributed by atoms with Gasteiger partial charge in [0, 0.05) is 17.2 Å². The van der Waals surface area contributed by atoms with Gasteiger partial charge in [-0.2, -0.15) is 0 Å². The summed E-state index contributed by atoms with van der Waals surface area (Å²) in [7, 11) is 1.31. The summed E-state index contributed by atoms with van der Waals surface area (Å²) < 4.78 is 11.9. The Morgan fingerprint density at radius 1 is 1.19 bits per heavy atom. The van der Waals surface area contributed by atoms with Crippen LogP contribution in [-0.4, -0.2) is 34.3 Å². The number of fused-ring (bicyclic) bond motifs is 1. The van der Waals surface area contributed by atoms with Crippen LogP contribution in [0.3, 0.4) is 0 Å². The summed E-state index contributed by atoms with van der Waals surface area (Å²) in [5.41, 5.74) is 2.75. The Kier molecular flexibility index (Phi) is 6.39. The molecule has 7 heteroatoms. The molecule has 0 saturated heterocycles. The van der Waals surface area contributed by atoms with Gasteiger partial charge in [-0.25, -0.2) is 14.3 Å². The third-order valence-corrected chi connectivity index (χ3v) is 5.96. The van der Waals surface area contributed by atoms with Crippen molar-refractivity contribution in [3.8, 4) is 17.0 Å². The Morgan fingerprint density at radius 2 is 1.94 bits per heavy atom. The number of hydrogen-bond donors (Lipinski definition) is 1. The highest BCUT2D eigenvalue weighted by Crippen LogP contribution is 2.36. The maximum absolute atomic E-state index is 13.5. The quantitative estimate of drug-likeness (QED) is 0.440. The minimum Gasteiger partial charge on any atom is -0.494 e. The fraction of sp³-hybridized carbons (Fsp3) is 0.458. The Labute approximate surface area is 181 Å². The second-order valence-electron chi connectivity index (χ2n) is 8.10. The van der Waals surface area contributed by atoms with Crippen LogP contribution in [0.15, 0.2) is 35.1 Å². The van der Waals surface area contributed by atoms with Gasteiger partial charge in [0.05, 0.1) is 19.4 Å². The smallest absolute Gasteiger partial charge is 0.356 e. The van der Waals surface area contributed by atoms with E-state index in [1.54, 1.807) is 6.07 Å². The molecule has 1 aliphatic carbocycles. The van der Waals surface area contributed by atoms with Crippen molar-refractivity contribution in [1.82, 2.24) is 14.6 Å². The zero-order chi connectivity index (χ0) is 21.8. The molecule has 2 heterocycles. The van der Waals surface area contributed by atoms with Gasteiger partial charge in [0.1, 0.15) is 11.4 Å². The number of H-pyrrole nitrogens is 1. The van der Waals surface area contributed by atoms with Gasteiger partial charge >= 0.3 is 5.97 Å². The molecule has 1 aliphatic rings. The number of ether oxygens (including phenoxy) is 2. The van der Waals surface area contributed by atoms with E-state index in [0.717, 1.165) is 55.4 Å². The largest absolute Gasteiger partial charge is 0.494 e. The molecule has 164 valence electrons. The SMILES string of the molecule is CCCCOc1ccc(-c2nc3cc(C(=O)OC)[nH]n3c(=O)c2C2CCCCC2)cc1. The Morgan fingerprint density at radius 3 is 2.61 bits per heavy atom. The van der Waals surface area contributed by atoms with Crippen LogP contribution in [0.1, 0.15) is 73.8 Å². The summed E-state index contributed by atoms with van der Waals surface area (Å²) in [6.45, 7) is 2.82. The van der Waals surface area contributed by atoms with E-state index in [1.165, 1.54) is 18.0 Å². The number of aromatic nitrogens is 3. The maximum Gasteiger partial charge on any atom is 0.356 e. The lowest BCUT2D eigenvalue weighted by Crippen LogP contribution is -2.25. The molecule has 0 unspecified atom stereocenters. The van der Waals surface area contributed by atoms with Crippen molar-refractivity contribution in [3.63, 3.8) is 0 Å². The first-order valence-corrected chi connectivity index (χ1v) is 11.1. The number of carbonyl (C=O) groups excluding carboxylic acids is 1. The molecule has 2 aromatic heterocycles. The second-order valence-corrected chi connectivity index (χ2v) is 8.10. The lowest BCUT2D eigenvalue weighted by molar-refractivity contribution is 0.0593. The van der Waals surface area contributed by atoms with Gasteiger partial charge in [-0.3, -0.25) is 9.89 Å². The molecule has 3 aromatic rings. The molecular weight excluding hydrogens is 394 g/mol. The molecule has 0 spiro atoms. The fourth-order valence-corrected chi connectivity index (χ4v) is 4.27. The van der Waals surface area contributed by atoms with Crippen molar-refractivity contribution in [2.75, 3.05) is 13.7 Å². The number of nitrogens with one attached hydrogen (secondary N) is 1. The van der Waals surface area contributed by atoms with Crippen LogP contribution in [0.2, 0.25) is 0 Å². The zero-order valence-corrected chi connectivity index (χ0v) is 18.1. The molecule has 0 aliphatic heterocycles. The van der Waals surface area contributed by atoms with Crippen molar-refractivity contribution in [2.45, 2.75) is 57.8 Å². The molecule has 1 aromatic carbocycles. The normalized spacial score (nSPS) is 14.6. The van der Waals surface area contributed by atoms with Gasteiger partial charge in [-0.05, 0) is 49.4 Å². The Hall–Kier alpha value is -3.09. The van der Waals surface area contributed by atoms with E-state index in [0.29, 0.717) is 17.9 Å². The molecule has 1 N–H and O–H groups in total. The van der Waals surface area contributed by atoms with Gasteiger partial charge in [0.2, 0.25) is 0 Å². The second kappa shape index (κ2) is 9.37. The number of rotatable bonds is 7. The van der Waals surface area contributed by atoms with E-state index < -0.39 is 5.97 Å². The van der Waals surface area contributed by atoms with Crippen molar-refractivity contribution >= 4 is 11.6 Å². The number of benzene rings is 1. The van der Waals surface area contributed by atoms with Crippen LogP contribution in [0.4, 0.5) is 0 Å². The highest BCUT2D eigenvalue weighted by atomic mass is 16.5. The average molecular weight is 424 g/mol. The third-order valence-electron chi connectivity index (χ3n) is 5.96. The fourth-order valence-electron chi connectivity index (χ4n) is 4.27. The Balaban J connectivity index is 1.80. The van der Waals surface area contributed by atoms with Crippen LogP contribution >= 0.6 is 0 Å². The first-order chi connectivity index (χ1) is 15.1.